The van der Waals surface area contributed by atoms with Gasteiger partial charge in [0.25, 0.3) is 0 Å². The van der Waals surface area contributed by atoms with Crippen molar-refractivity contribution in [2.45, 2.75) is 44.9 Å². The van der Waals surface area contributed by atoms with Crippen LogP contribution in [0.5, 0.6) is 0 Å². The third kappa shape index (κ3) is 3.65. The number of allylic oxidation sites excluding steroid dienone is 2. The van der Waals surface area contributed by atoms with Crippen LogP contribution in [0.4, 0.5) is 4.39 Å². The summed E-state index contributed by atoms with van der Waals surface area (Å²) in [6, 6.07) is 7.90. The summed E-state index contributed by atoms with van der Waals surface area (Å²) >= 11 is 0. The van der Waals surface area contributed by atoms with Gasteiger partial charge in [-0.25, -0.2) is 4.39 Å². The van der Waals surface area contributed by atoms with E-state index in [0.29, 0.717) is 6.04 Å². The Morgan fingerprint density at radius 2 is 2.08 bits per heavy atom. The normalized spacial score (nSPS) is 26.0. The van der Waals surface area contributed by atoms with E-state index < -0.39 is 17.3 Å². The molecule has 3 rings (SSSR count). The van der Waals surface area contributed by atoms with Gasteiger partial charge in [-0.1, -0.05) is 38.1 Å². The molecule has 6 heteroatoms. The number of benzene rings is 1. The summed E-state index contributed by atoms with van der Waals surface area (Å²) in [5, 5.41) is 11.2. The van der Waals surface area contributed by atoms with Crippen LogP contribution in [0.2, 0.25) is 0 Å². The lowest BCUT2D eigenvalue weighted by Gasteiger charge is -2.23. The minimum Gasteiger partial charge on any atom is -0.399 e. The van der Waals surface area contributed by atoms with E-state index in [4.69, 9.17) is 15.9 Å². The molecule has 2 fully saturated rings. The molecule has 2 heterocycles. The first-order chi connectivity index (χ1) is 11.9. The summed E-state index contributed by atoms with van der Waals surface area (Å²) in [6.07, 6.45) is 1.35. The number of hydrogen-bond acceptors (Lipinski definition) is 5. The van der Waals surface area contributed by atoms with Gasteiger partial charge in [0.05, 0.1) is 12.2 Å². The van der Waals surface area contributed by atoms with Gasteiger partial charge in [0, 0.05) is 24.7 Å². The first kappa shape index (κ1) is 17.8. The van der Waals surface area contributed by atoms with Crippen molar-refractivity contribution >= 4 is 11.5 Å². The summed E-state index contributed by atoms with van der Waals surface area (Å²) in [6.45, 7) is 4.35. The molecule has 2 saturated heterocycles. The molecule has 3 atom stereocenters. The second kappa shape index (κ2) is 7.06. The second-order valence-electron chi connectivity index (χ2n) is 7.07. The van der Waals surface area contributed by atoms with Crippen LogP contribution in [0.3, 0.4) is 0 Å². The monoisotopic (exact) mass is 345 g/mol. The predicted molar refractivity (Wildman–Crippen MR) is 94.1 cm³/mol. The average molecular weight is 345 g/mol. The Morgan fingerprint density at radius 3 is 2.60 bits per heavy atom. The minimum atomic E-state index is -0.918. The molecule has 1 aromatic rings. The standard InChI is InChI=1S/C19H24FN3O2/c1-10(2)17(21)16(20)18(22)15(24)7-11-3-5-12(6-4-11)19-14-8-13(25-19)9-23-14/h3-6,10,13-14,19,22-23H,7-9,21H2,1-2H3/t13-,14-,19+/m1/s1. The molecule has 0 unspecified atom stereocenters. The molecule has 0 radical (unpaired) electrons. The van der Waals surface area contributed by atoms with E-state index in [-0.39, 0.29) is 30.2 Å². The third-order valence-corrected chi connectivity index (χ3v) is 4.88. The number of rotatable bonds is 6. The lowest BCUT2D eigenvalue weighted by molar-refractivity contribution is -0.112. The molecule has 2 bridgehead atoms. The van der Waals surface area contributed by atoms with Gasteiger partial charge in [-0.3, -0.25) is 10.2 Å². The largest absolute Gasteiger partial charge is 0.399 e. The third-order valence-electron chi connectivity index (χ3n) is 4.88. The number of morpholine rings is 1. The van der Waals surface area contributed by atoms with Gasteiger partial charge in [-0.2, -0.15) is 0 Å². The van der Waals surface area contributed by atoms with E-state index in [9.17, 15) is 9.18 Å². The lowest BCUT2D eigenvalue weighted by Crippen LogP contribution is -2.33. The Balaban J connectivity index is 1.64. The van der Waals surface area contributed by atoms with Crippen molar-refractivity contribution in [3.8, 4) is 0 Å². The molecule has 0 aliphatic carbocycles. The van der Waals surface area contributed by atoms with Crippen LogP contribution in [-0.4, -0.2) is 30.2 Å². The van der Waals surface area contributed by atoms with E-state index in [1.165, 1.54) is 0 Å². The topological polar surface area (TPSA) is 88.2 Å². The van der Waals surface area contributed by atoms with E-state index in [0.717, 1.165) is 24.1 Å². The minimum absolute atomic E-state index is 0.0201. The highest BCUT2D eigenvalue weighted by Crippen LogP contribution is 2.36. The maximum Gasteiger partial charge on any atom is 0.187 e. The Kier molecular flexibility index (Phi) is 5.01. The molecule has 5 nitrogen and oxygen atoms in total. The maximum absolute atomic E-state index is 14.0. The SMILES string of the molecule is CC(C)C(N)=C(F)C(=N)C(=O)Cc1ccc([C@@H]2O[C@H]3CN[C@@H]2C3)cc1. The van der Waals surface area contributed by atoms with Crippen molar-refractivity contribution in [2.24, 2.45) is 11.7 Å². The van der Waals surface area contributed by atoms with Crippen molar-refractivity contribution in [2.75, 3.05) is 6.54 Å². The molecule has 0 spiro atoms. The fourth-order valence-corrected chi connectivity index (χ4v) is 3.30. The highest BCUT2D eigenvalue weighted by atomic mass is 19.1. The van der Waals surface area contributed by atoms with Gasteiger partial charge in [0.2, 0.25) is 0 Å². The molecular formula is C19H24FN3O2. The summed E-state index contributed by atoms with van der Waals surface area (Å²) in [5.74, 6) is -1.74. The number of halogens is 1. The van der Waals surface area contributed by atoms with Gasteiger partial charge in [-0.15, -0.1) is 0 Å². The number of fused-ring (bicyclic) bond motifs is 2. The molecule has 25 heavy (non-hydrogen) atoms. The summed E-state index contributed by atoms with van der Waals surface area (Å²) < 4.78 is 20.0. The molecule has 2 aliphatic heterocycles. The fraction of sp³-hybridized carbons (Fsp3) is 0.474. The van der Waals surface area contributed by atoms with Crippen LogP contribution in [-0.2, 0) is 16.0 Å². The second-order valence-corrected chi connectivity index (χ2v) is 7.07. The molecule has 4 N–H and O–H groups in total. The van der Waals surface area contributed by atoms with Gasteiger partial charge < -0.3 is 15.8 Å². The Hall–Kier alpha value is -2.05. The highest BCUT2D eigenvalue weighted by molar-refractivity contribution is 6.44. The Morgan fingerprint density at radius 1 is 1.40 bits per heavy atom. The number of ketones is 1. The summed E-state index contributed by atoms with van der Waals surface area (Å²) in [4.78, 5) is 12.1. The molecule has 1 aromatic carbocycles. The van der Waals surface area contributed by atoms with Gasteiger partial charge in [0.15, 0.2) is 11.6 Å². The van der Waals surface area contributed by atoms with E-state index in [1.54, 1.807) is 13.8 Å². The first-order valence-corrected chi connectivity index (χ1v) is 8.61. The zero-order valence-corrected chi connectivity index (χ0v) is 14.5. The Labute approximate surface area is 146 Å². The first-order valence-electron chi connectivity index (χ1n) is 8.61. The smallest absolute Gasteiger partial charge is 0.187 e. The number of carbonyl (C=O) groups is 1. The molecule has 0 amide bonds. The predicted octanol–water partition coefficient (Wildman–Crippen LogP) is 2.42. The van der Waals surface area contributed by atoms with Crippen LogP contribution in [0.25, 0.3) is 0 Å². The van der Waals surface area contributed by atoms with Gasteiger partial charge in [0.1, 0.15) is 5.71 Å². The highest BCUT2D eigenvalue weighted by Gasteiger charge is 2.41. The molecule has 0 aromatic heterocycles. The average Bonchev–Trinajstić information content (AvgIpc) is 3.23. The number of Topliss-reactive ketones (excluding diaryl/α,β-unsaturated/α-hetero) is 1. The quantitative estimate of drug-likeness (QED) is 0.691. The summed E-state index contributed by atoms with van der Waals surface area (Å²) in [5.41, 5.74) is 6.70. The van der Waals surface area contributed by atoms with Crippen LogP contribution < -0.4 is 11.1 Å². The van der Waals surface area contributed by atoms with Crippen molar-refractivity contribution < 1.29 is 13.9 Å². The van der Waals surface area contributed by atoms with Crippen molar-refractivity contribution in [3.63, 3.8) is 0 Å². The van der Waals surface area contributed by atoms with Crippen LogP contribution >= 0.6 is 0 Å². The van der Waals surface area contributed by atoms with E-state index in [2.05, 4.69) is 5.32 Å². The number of hydrogen-bond donors (Lipinski definition) is 3. The van der Waals surface area contributed by atoms with Crippen molar-refractivity contribution in [1.29, 1.82) is 5.41 Å². The molecule has 134 valence electrons. The molecule has 2 aliphatic rings. The maximum atomic E-state index is 14.0. The summed E-state index contributed by atoms with van der Waals surface area (Å²) in [7, 11) is 0. The van der Waals surface area contributed by atoms with Crippen molar-refractivity contribution in [1.82, 2.24) is 5.32 Å². The number of nitrogens with one attached hydrogen (secondary N) is 2. The zero-order valence-electron chi connectivity index (χ0n) is 14.5. The van der Waals surface area contributed by atoms with E-state index in [1.807, 2.05) is 24.3 Å². The zero-order chi connectivity index (χ0) is 18.1. The van der Waals surface area contributed by atoms with Crippen LogP contribution in [0.15, 0.2) is 35.8 Å². The van der Waals surface area contributed by atoms with Crippen LogP contribution in [0, 0.1) is 11.3 Å². The fourth-order valence-electron chi connectivity index (χ4n) is 3.30. The number of carbonyl (C=O) groups excluding carboxylic acids is 1. The number of nitrogens with two attached hydrogens (primary N) is 1. The number of ether oxygens (including phenoxy) is 1. The van der Waals surface area contributed by atoms with Crippen molar-refractivity contribution in [3.05, 3.63) is 46.9 Å². The lowest BCUT2D eigenvalue weighted by atomic mass is 9.98. The van der Waals surface area contributed by atoms with Gasteiger partial charge >= 0.3 is 0 Å². The molecular weight excluding hydrogens is 321 g/mol. The molecule has 0 saturated carbocycles. The Bertz CT molecular complexity index is 712. The van der Waals surface area contributed by atoms with Crippen LogP contribution in [0.1, 0.15) is 37.5 Å². The van der Waals surface area contributed by atoms with E-state index >= 15 is 0 Å². The van der Waals surface area contributed by atoms with Gasteiger partial charge in [-0.05, 0) is 23.5 Å².